The van der Waals surface area contributed by atoms with Crippen LogP contribution in [0.2, 0.25) is 5.15 Å². The highest BCUT2D eigenvalue weighted by atomic mass is 35.5. The third-order valence-corrected chi connectivity index (χ3v) is 6.89. The van der Waals surface area contributed by atoms with Crippen LogP contribution in [0.5, 0.6) is 0 Å². The summed E-state index contributed by atoms with van der Waals surface area (Å²) in [5.41, 5.74) is 2.59. The fraction of sp³-hybridized carbons (Fsp3) is 0.143. The topological polar surface area (TPSA) is 79.8 Å². The third-order valence-electron chi connectivity index (χ3n) is 5.45. The van der Waals surface area contributed by atoms with Gasteiger partial charge in [-0.15, -0.1) is 11.3 Å². The van der Waals surface area contributed by atoms with E-state index in [1.165, 1.54) is 12.4 Å². The molecule has 0 aliphatic rings. The number of fused-ring (bicyclic) bond motifs is 1. The zero-order valence-electron chi connectivity index (χ0n) is 20.6. The largest absolute Gasteiger partial charge is 0.365 e. The Morgan fingerprint density at radius 3 is 2.61 bits per heavy atom. The summed E-state index contributed by atoms with van der Waals surface area (Å²) in [6.45, 7) is 4.52. The van der Waals surface area contributed by atoms with E-state index in [9.17, 15) is 13.6 Å². The van der Waals surface area contributed by atoms with Gasteiger partial charge in [-0.1, -0.05) is 37.6 Å². The molecule has 0 unspecified atom stereocenters. The van der Waals surface area contributed by atoms with Crippen LogP contribution in [0.1, 0.15) is 34.6 Å². The van der Waals surface area contributed by atoms with Crippen molar-refractivity contribution in [2.24, 2.45) is 0 Å². The van der Waals surface area contributed by atoms with Gasteiger partial charge in [0.1, 0.15) is 17.3 Å². The maximum absolute atomic E-state index is 13.4. The monoisotopic (exact) mass is 551 g/mol. The maximum atomic E-state index is 13.4. The van der Waals surface area contributed by atoms with Gasteiger partial charge in [0.05, 0.1) is 17.6 Å². The second kappa shape index (κ2) is 12.5. The van der Waals surface area contributed by atoms with Gasteiger partial charge in [0.15, 0.2) is 11.6 Å². The summed E-state index contributed by atoms with van der Waals surface area (Å²) in [6, 6.07) is 16.7. The summed E-state index contributed by atoms with van der Waals surface area (Å²) >= 11 is 7.82. The van der Waals surface area contributed by atoms with Gasteiger partial charge in [-0.05, 0) is 59.7 Å². The number of carbonyl (C=O) groups excluding carboxylic acids is 1. The summed E-state index contributed by atoms with van der Waals surface area (Å²) < 4.78 is 26.6. The van der Waals surface area contributed by atoms with Gasteiger partial charge in [-0.25, -0.2) is 23.7 Å². The number of nitrogens with zero attached hydrogens (tertiary/aromatic N) is 3. The summed E-state index contributed by atoms with van der Waals surface area (Å²) in [6.07, 6.45) is 3.03. The van der Waals surface area contributed by atoms with E-state index in [0.717, 1.165) is 38.4 Å². The first kappa shape index (κ1) is 27.1. The molecule has 0 fully saturated rings. The molecule has 194 valence electrons. The van der Waals surface area contributed by atoms with Crippen LogP contribution in [-0.4, -0.2) is 20.9 Å². The molecule has 0 saturated heterocycles. The van der Waals surface area contributed by atoms with E-state index in [0.29, 0.717) is 28.6 Å². The number of hydrogen-bond donors (Lipinski definition) is 2. The zero-order chi connectivity index (χ0) is 27.1. The van der Waals surface area contributed by atoms with Crippen molar-refractivity contribution in [1.29, 1.82) is 0 Å². The Hall–Kier alpha value is -3.95. The molecular formula is C28H24ClF2N5OS. The second-order valence-electron chi connectivity index (χ2n) is 7.85. The Bertz CT molecular complexity index is 1580. The van der Waals surface area contributed by atoms with Crippen molar-refractivity contribution in [2.45, 2.75) is 26.9 Å². The summed E-state index contributed by atoms with van der Waals surface area (Å²) in [7, 11) is 0. The van der Waals surface area contributed by atoms with Crippen molar-refractivity contribution in [2.75, 3.05) is 5.32 Å². The Morgan fingerprint density at radius 1 is 0.947 bits per heavy atom. The molecule has 2 N–H and O–H groups in total. The van der Waals surface area contributed by atoms with E-state index >= 15 is 0 Å². The van der Waals surface area contributed by atoms with Crippen molar-refractivity contribution in [3.8, 4) is 10.4 Å². The summed E-state index contributed by atoms with van der Waals surface area (Å²) in [5, 5.41) is 7.13. The van der Waals surface area contributed by atoms with Crippen molar-refractivity contribution < 1.29 is 13.6 Å². The third kappa shape index (κ3) is 6.30. The number of nitrogens with one attached hydrogen (secondary N) is 2. The van der Waals surface area contributed by atoms with Gasteiger partial charge in [0, 0.05) is 27.9 Å². The predicted octanol–water partition coefficient (Wildman–Crippen LogP) is 7.25. The van der Waals surface area contributed by atoms with Crippen LogP contribution in [-0.2, 0) is 13.1 Å². The van der Waals surface area contributed by atoms with E-state index in [-0.39, 0.29) is 12.5 Å². The maximum Gasteiger partial charge on any atom is 0.255 e. The van der Waals surface area contributed by atoms with E-state index in [1.54, 1.807) is 29.7 Å². The van der Waals surface area contributed by atoms with E-state index < -0.39 is 11.6 Å². The van der Waals surface area contributed by atoms with Gasteiger partial charge in [-0.3, -0.25) is 4.79 Å². The number of aromatic nitrogens is 3. The van der Waals surface area contributed by atoms with E-state index in [4.69, 9.17) is 11.6 Å². The molecule has 3 aromatic heterocycles. The molecule has 6 nitrogen and oxygen atoms in total. The van der Waals surface area contributed by atoms with Crippen LogP contribution in [0.25, 0.3) is 21.3 Å². The Labute approximate surface area is 227 Å². The molecule has 0 atom stereocenters. The smallest absolute Gasteiger partial charge is 0.255 e. The quantitative estimate of drug-likeness (QED) is 0.208. The van der Waals surface area contributed by atoms with Crippen molar-refractivity contribution in [1.82, 2.24) is 20.3 Å². The highest BCUT2D eigenvalue weighted by molar-refractivity contribution is 7.15. The molecule has 5 rings (SSSR count). The van der Waals surface area contributed by atoms with Crippen molar-refractivity contribution >= 4 is 45.6 Å². The van der Waals surface area contributed by atoms with E-state index in [2.05, 4.69) is 25.6 Å². The molecule has 38 heavy (non-hydrogen) atoms. The first-order chi connectivity index (χ1) is 18.5. The average Bonchev–Trinajstić information content (AvgIpc) is 3.43. The molecule has 0 aliphatic carbocycles. The number of rotatable bonds is 7. The second-order valence-corrected chi connectivity index (χ2v) is 9.37. The lowest BCUT2D eigenvalue weighted by Gasteiger charge is -2.11. The minimum atomic E-state index is -0.957. The molecule has 0 spiro atoms. The van der Waals surface area contributed by atoms with Crippen LogP contribution in [0.15, 0.2) is 73.2 Å². The average molecular weight is 552 g/mol. The fourth-order valence-electron chi connectivity index (χ4n) is 3.63. The lowest BCUT2D eigenvalue weighted by atomic mass is 10.1. The highest BCUT2D eigenvalue weighted by Crippen LogP contribution is 2.32. The van der Waals surface area contributed by atoms with Crippen LogP contribution in [0.4, 0.5) is 14.6 Å². The first-order valence-electron chi connectivity index (χ1n) is 11.9. The predicted molar refractivity (Wildman–Crippen MR) is 148 cm³/mol. The molecule has 3 heterocycles. The van der Waals surface area contributed by atoms with Gasteiger partial charge >= 0.3 is 0 Å². The number of carbonyl (C=O) groups is 1. The molecule has 0 radical (unpaired) electrons. The van der Waals surface area contributed by atoms with Crippen LogP contribution < -0.4 is 10.6 Å². The summed E-state index contributed by atoms with van der Waals surface area (Å²) in [5.74, 6) is -1.85. The standard InChI is InChI=1S/C26H18ClF2N5OS.C2H6/c27-24-19-11-16(4-7-22(19)33-14-34-24)23-8-5-17(36-23)13-31-25-18(2-1-9-30-25)26(35)32-12-15-3-6-20(28)21(29)10-15;1-2/h1-11,14H,12-13H2,(H,30,31)(H,32,35);1-2H3. The molecule has 5 aromatic rings. The fourth-order valence-corrected chi connectivity index (χ4v) is 4.77. The normalized spacial score (nSPS) is 10.6. The first-order valence-corrected chi connectivity index (χ1v) is 13.1. The molecule has 0 aliphatic heterocycles. The Balaban J connectivity index is 0.00000164. The molecule has 2 aromatic carbocycles. The van der Waals surface area contributed by atoms with Gasteiger partial charge in [-0.2, -0.15) is 0 Å². The Morgan fingerprint density at radius 2 is 1.79 bits per heavy atom. The number of anilines is 1. The summed E-state index contributed by atoms with van der Waals surface area (Å²) in [4.78, 5) is 27.4. The number of halogens is 3. The van der Waals surface area contributed by atoms with Gasteiger partial charge < -0.3 is 10.6 Å². The molecule has 0 saturated carbocycles. The van der Waals surface area contributed by atoms with Crippen LogP contribution in [0.3, 0.4) is 0 Å². The molecule has 10 heteroatoms. The Kier molecular flexibility index (Phi) is 8.93. The number of hydrogen-bond acceptors (Lipinski definition) is 6. The number of amides is 1. The lowest BCUT2D eigenvalue weighted by Crippen LogP contribution is -2.24. The molecule has 1 amide bonds. The minimum absolute atomic E-state index is 0.0550. The van der Waals surface area contributed by atoms with Crippen LogP contribution >= 0.6 is 22.9 Å². The van der Waals surface area contributed by atoms with Crippen molar-refractivity contribution in [3.05, 3.63) is 106 Å². The molecule has 0 bridgehead atoms. The number of benzene rings is 2. The van der Waals surface area contributed by atoms with Gasteiger partial charge in [0.2, 0.25) is 0 Å². The molecular weight excluding hydrogens is 528 g/mol. The number of thiophene rings is 1. The van der Waals surface area contributed by atoms with Crippen LogP contribution in [0, 0.1) is 11.6 Å². The zero-order valence-corrected chi connectivity index (χ0v) is 22.2. The SMILES string of the molecule is CC.O=C(NCc1ccc(F)c(F)c1)c1cccnc1NCc1ccc(-c2ccc3ncnc(Cl)c3c2)s1. The van der Waals surface area contributed by atoms with E-state index in [1.807, 2.05) is 44.2 Å². The van der Waals surface area contributed by atoms with Crippen molar-refractivity contribution in [3.63, 3.8) is 0 Å². The lowest BCUT2D eigenvalue weighted by molar-refractivity contribution is 0.0951. The van der Waals surface area contributed by atoms with Gasteiger partial charge in [0.25, 0.3) is 5.91 Å². The minimum Gasteiger partial charge on any atom is -0.365 e. The number of pyridine rings is 1. The highest BCUT2D eigenvalue weighted by Gasteiger charge is 2.13.